The first-order valence-electron chi connectivity index (χ1n) is 8.96. The fourth-order valence-electron chi connectivity index (χ4n) is 3.92. The van der Waals surface area contributed by atoms with Gasteiger partial charge in [-0.15, -0.1) is 0 Å². The van der Waals surface area contributed by atoms with Crippen molar-refractivity contribution in [3.8, 4) is 33.4 Å². The normalized spacial score (nSPS) is 11.9. The summed E-state index contributed by atoms with van der Waals surface area (Å²) in [5.74, 6) is -0.510. The van der Waals surface area contributed by atoms with Crippen molar-refractivity contribution in [3.63, 3.8) is 0 Å². The van der Waals surface area contributed by atoms with E-state index in [2.05, 4.69) is 36.4 Å². The summed E-state index contributed by atoms with van der Waals surface area (Å²) < 4.78 is 26.9. The second kappa shape index (κ2) is 6.17. The molecule has 0 unspecified atom stereocenters. The van der Waals surface area contributed by atoms with E-state index in [1.807, 2.05) is 0 Å². The van der Waals surface area contributed by atoms with Crippen LogP contribution in [0.2, 0.25) is 0 Å². The summed E-state index contributed by atoms with van der Waals surface area (Å²) >= 11 is 0. The highest BCUT2D eigenvalue weighted by atomic mass is 19.1. The van der Waals surface area contributed by atoms with Crippen molar-refractivity contribution in [2.24, 2.45) is 0 Å². The molecule has 0 aliphatic heterocycles. The summed E-state index contributed by atoms with van der Waals surface area (Å²) in [4.78, 5) is 0. The standard InChI is InChI=1S/C25H16F2/c26-20-9-5-16(6-10-20)23-14-19-13-18-3-1-2-4-22(18)25(19)15-24(23)17-7-11-21(27)12-8-17/h1-12,14-15H,13H2. The quantitative estimate of drug-likeness (QED) is 0.324. The van der Waals surface area contributed by atoms with Gasteiger partial charge in [0, 0.05) is 0 Å². The van der Waals surface area contributed by atoms with Gasteiger partial charge in [-0.3, -0.25) is 0 Å². The zero-order chi connectivity index (χ0) is 18.4. The molecule has 0 nitrogen and oxygen atoms in total. The van der Waals surface area contributed by atoms with Crippen LogP contribution in [0, 0.1) is 11.6 Å². The molecule has 5 rings (SSSR count). The highest BCUT2D eigenvalue weighted by Gasteiger charge is 2.21. The maximum absolute atomic E-state index is 13.4. The number of halogens is 2. The van der Waals surface area contributed by atoms with Gasteiger partial charge in [0.05, 0.1) is 0 Å². The van der Waals surface area contributed by atoms with E-state index in [4.69, 9.17) is 0 Å². The maximum Gasteiger partial charge on any atom is 0.123 e. The Balaban J connectivity index is 1.76. The first kappa shape index (κ1) is 16.0. The van der Waals surface area contributed by atoms with Crippen molar-refractivity contribution in [3.05, 3.63) is 108 Å². The van der Waals surface area contributed by atoms with Crippen LogP contribution < -0.4 is 0 Å². The minimum Gasteiger partial charge on any atom is -0.207 e. The van der Waals surface area contributed by atoms with E-state index in [1.165, 1.54) is 46.5 Å². The summed E-state index contributed by atoms with van der Waals surface area (Å²) in [5.41, 5.74) is 9.01. The molecule has 2 heteroatoms. The van der Waals surface area contributed by atoms with Crippen molar-refractivity contribution in [2.75, 3.05) is 0 Å². The van der Waals surface area contributed by atoms with Crippen LogP contribution in [0.4, 0.5) is 8.78 Å². The molecule has 0 aromatic heterocycles. The Bertz CT molecular complexity index is 1140. The lowest BCUT2D eigenvalue weighted by atomic mass is 9.90. The fourth-order valence-corrected chi connectivity index (χ4v) is 3.92. The Labute approximate surface area is 156 Å². The third-order valence-corrected chi connectivity index (χ3v) is 5.24. The molecular formula is C25H16F2. The molecule has 0 bridgehead atoms. The Kier molecular flexibility index (Phi) is 3.64. The van der Waals surface area contributed by atoms with Crippen LogP contribution in [-0.2, 0) is 6.42 Å². The van der Waals surface area contributed by atoms with Gasteiger partial charge in [0.2, 0.25) is 0 Å². The van der Waals surface area contributed by atoms with Crippen molar-refractivity contribution in [1.29, 1.82) is 0 Å². The highest BCUT2D eigenvalue weighted by molar-refractivity contribution is 5.90. The molecule has 0 N–H and O–H groups in total. The van der Waals surface area contributed by atoms with Crippen LogP contribution in [-0.4, -0.2) is 0 Å². The average Bonchev–Trinajstić information content (AvgIpc) is 3.06. The van der Waals surface area contributed by atoms with Crippen LogP contribution in [0.3, 0.4) is 0 Å². The summed E-state index contributed by atoms with van der Waals surface area (Å²) in [5, 5.41) is 0. The zero-order valence-electron chi connectivity index (χ0n) is 14.5. The lowest BCUT2D eigenvalue weighted by Gasteiger charge is -2.14. The molecule has 0 spiro atoms. The van der Waals surface area contributed by atoms with E-state index in [1.54, 1.807) is 24.3 Å². The van der Waals surface area contributed by atoms with E-state index in [0.717, 1.165) is 28.7 Å². The third kappa shape index (κ3) is 2.74. The molecule has 0 atom stereocenters. The number of fused-ring (bicyclic) bond motifs is 3. The second-order valence-electron chi connectivity index (χ2n) is 6.90. The molecule has 0 radical (unpaired) electrons. The summed E-state index contributed by atoms with van der Waals surface area (Å²) in [6, 6.07) is 25.9. The lowest BCUT2D eigenvalue weighted by molar-refractivity contribution is 0.627. The van der Waals surface area contributed by atoms with Crippen LogP contribution >= 0.6 is 0 Å². The zero-order valence-corrected chi connectivity index (χ0v) is 14.5. The molecule has 0 fully saturated rings. The van der Waals surface area contributed by atoms with Crippen molar-refractivity contribution in [2.45, 2.75) is 6.42 Å². The van der Waals surface area contributed by atoms with E-state index < -0.39 is 0 Å². The third-order valence-electron chi connectivity index (χ3n) is 5.24. The minimum atomic E-state index is -0.256. The van der Waals surface area contributed by atoms with Crippen molar-refractivity contribution >= 4 is 0 Å². The van der Waals surface area contributed by atoms with Crippen molar-refractivity contribution < 1.29 is 8.78 Å². The summed E-state index contributed by atoms with van der Waals surface area (Å²) in [7, 11) is 0. The van der Waals surface area contributed by atoms with Gasteiger partial charge < -0.3 is 0 Å². The smallest absolute Gasteiger partial charge is 0.123 e. The van der Waals surface area contributed by atoms with Crippen LogP contribution in [0.15, 0.2) is 84.9 Å². The molecule has 1 aliphatic carbocycles. The number of hydrogen-bond donors (Lipinski definition) is 0. The average molecular weight is 354 g/mol. The van der Waals surface area contributed by atoms with Crippen molar-refractivity contribution in [1.82, 2.24) is 0 Å². The predicted molar refractivity (Wildman–Crippen MR) is 105 cm³/mol. The Morgan fingerprint density at radius 1 is 0.481 bits per heavy atom. The Hall–Kier alpha value is -3.26. The van der Waals surface area contributed by atoms with Gasteiger partial charge in [0.1, 0.15) is 11.6 Å². The molecule has 0 amide bonds. The molecule has 1 aliphatic rings. The molecule has 0 saturated heterocycles. The van der Waals surface area contributed by atoms with E-state index >= 15 is 0 Å². The predicted octanol–water partition coefficient (Wildman–Crippen LogP) is 6.87. The number of rotatable bonds is 2. The van der Waals surface area contributed by atoms with E-state index in [0.29, 0.717) is 0 Å². The first-order valence-corrected chi connectivity index (χ1v) is 8.96. The van der Waals surface area contributed by atoms with E-state index in [-0.39, 0.29) is 11.6 Å². The molecule has 0 saturated carbocycles. The van der Waals surface area contributed by atoms with Crippen LogP contribution in [0.1, 0.15) is 11.1 Å². The van der Waals surface area contributed by atoms with Crippen LogP contribution in [0.5, 0.6) is 0 Å². The largest absolute Gasteiger partial charge is 0.207 e. The van der Waals surface area contributed by atoms with Gasteiger partial charge in [-0.1, -0.05) is 48.5 Å². The number of benzene rings is 4. The number of hydrogen-bond acceptors (Lipinski definition) is 0. The summed E-state index contributed by atoms with van der Waals surface area (Å²) in [6.45, 7) is 0. The molecule has 4 aromatic rings. The molecular weight excluding hydrogens is 338 g/mol. The molecule has 0 heterocycles. The van der Waals surface area contributed by atoms with E-state index in [9.17, 15) is 8.78 Å². The molecule has 4 aromatic carbocycles. The summed E-state index contributed by atoms with van der Waals surface area (Å²) in [6.07, 6.45) is 0.892. The Morgan fingerprint density at radius 3 is 1.67 bits per heavy atom. The van der Waals surface area contributed by atoms with Crippen LogP contribution in [0.25, 0.3) is 33.4 Å². The maximum atomic E-state index is 13.4. The van der Waals surface area contributed by atoms with Gasteiger partial charge in [-0.05, 0) is 87.3 Å². The Morgan fingerprint density at radius 2 is 1.04 bits per heavy atom. The SMILES string of the molecule is Fc1ccc(-c2cc3c(cc2-c2ccc(F)cc2)-c2ccccc2C3)cc1. The highest BCUT2D eigenvalue weighted by Crippen LogP contribution is 2.43. The minimum absolute atomic E-state index is 0.254. The van der Waals surface area contributed by atoms with Gasteiger partial charge in [-0.2, -0.15) is 0 Å². The van der Waals surface area contributed by atoms with Gasteiger partial charge in [0.25, 0.3) is 0 Å². The first-order chi connectivity index (χ1) is 13.2. The van der Waals surface area contributed by atoms with Gasteiger partial charge in [0.15, 0.2) is 0 Å². The fraction of sp³-hybridized carbons (Fsp3) is 0.0400. The molecule has 27 heavy (non-hydrogen) atoms. The lowest BCUT2D eigenvalue weighted by Crippen LogP contribution is -1.90. The topological polar surface area (TPSA) is 0 Å². The van der Waals surface area contributed by atoms with Gasteiger partial charge in [-0.25, -0.2) is 8.78 Å². The van der Waals surface area contributed by atoms with Gasteiger partial charge >= 0.3 is 0 Å². The monoisotopic (exact) mass is 354 g/mol. The molecule has 130 valence electrons. The second-order valence-corrected chi connectivity index (χ2v) is 6.90.